The number of nitrogens with zero attached hydrogens (tertiary/aromatic N) is 1. The van der Waals surface area contributed by atoms with Crippen LogP contribution in [0, 0.1) is 5.82 Å². The Labute approximate surface area is 172 Å². The molecule has 5 unspecified atom stereocenters. The number of rotatable bonds is 5. The van der Waals surface area contributed by atoms with Crippen molar-refractivity contribution in [2.45, 2.75) is 43.4 Å². The second-order valence-electron chi connectivity index (χ2n) is 7.61. The first-order chi connectivity index (χ1) is 14.4. The Hall–Kier alpha value is -2.49. The predicted octanol–water partition coefficient (Wildman–Crippen LogP) is 0.918. The Kier molecular flexibility index (Phi) is 5.77. The fraction of sp³-hybridized carbons (Fsp3) is 0.364. The number of aliphatic hydroxyl groups is 4. The third kappa shape index (κ3) is 3.92. The molecule has 7 nitrogen and oxygen atoms in total. The zero-order valence-electron chi connectivity index (χ0n) is 16.0. The molecule has 1 fully saturated rings. The zero-order valence-corrected chi connectivity index (χ0v) is 16.0. The molecule has 1 saturated heterocycles. The van der Waals surface area contributed by atoms with E-state index in [0.717, 1.165) is 5.56 Å². The first kappa shape index (κ1) is 20.8. The van der Waals surface area contributed by atoms with Gasteiger partial charge >= 0.3 is 0 Å². The van der Waals surface area contributed by atoms with Crippen LogP contribution in [0.25, 0.3) is 0 Å². The summed E-state index contributed by atoms with van der Waals surface area (Å²) in [4.78, 5) is 17.2. The number of carbonyl (C=O) groups is 1. The molecule has 2 aliphatic heterocycles. The molecule has 0 radical (unpaired) electrons. The Morgan fingerprint density at radius 3 is 2.37 bits per heavy atom. The topological polar surface area (TPSA) is 120 Å². The standard InChI is InChI=1S/C22H22FNO6/c23-14-4-1-11(2-5-14)19(26)12-3-6-16-13(7-12)8-15(24-16)9-17-20(27)22(29)21(28)18(10-25)30-17/h1-7,17-18,20-22,25,27-29H,8-10H2. The number of hydrogen-bond donors (Lipinski definition) is 4. The molecule has 0 bridgehead atoms. The number of ketones is 1. The number of halogens is 1. The largest absolute Gasteiger partial charge is 0.394 e. The van der Waals surface area contributed by atoms with E-state index in [0.29, 0.717) is 28.9 Å². The van der Waals surface area contributed by atoms with Crippen molar-refractivity contribution < 1.29 is 34.3 Å². The summed E-state index contributed by atoms with van der Waals surface area (Å²) in [7, 11) is 0. The molecule has 2 aliphatic rings. The van der Waals surface area contributed by atoms with Crippen molar-refractivity contribution in [2.24, 2.45) is 4.99 Å². The lowest BCUT2D eigenvalue weighted by atomic mass is 9.91. The van der Waals surface area contributed by atoms with Gasteiger partial charge in [-0.15, -0.1) is 0 Å². The van der Waals surface area contributed by atoms with Gasteiger partial charge in [0.25, 0.3) is 0 Å². The normalized spacial score (nSPS) is 28.2. The summed E-state index contributed by atoms with van der Waals surface area (Å²) in [6.45, 7) is -0.483. The minimum absolute atomic E-state index is 0.206. The van der Waals surface area contributed by atoms with Crippen LogP contribution >= 0.6 is 0 Å². The first-order valence-electron chi connectivity index (χ1n) is 9.67. The summed E-state index contributed by atoms with van der Waals surface area (Å²) < 4.78 is 18.6. The fourth-order valence-electron chi connectivity index (χ4n) is 3.87. The summed E-state index contributed by atoms with van der Waals surface area (Å²) >= 11 is 0. The highest BCUT2D eigenvalue weighted by molar-refractivity contribution is 6.09. The SMILES string of the molecule is O=C(c1ccc(F)cc1)c1ccc2c(c1)CC(CC1OC(CO)C(O)C(O)C1O)=N2. The van der Waals surface area contributed by atoms with Gasteiger partial charge in [-0.05, 0) is 48.0 Å². The van der Waals surface area contributed by atoms with Crippen molar-refractivity contribution >= 4 is 17.2 Å². The minimum atomic E-state index is -1.43. The Morgan fingerprint density at radius 1 is 1.00 bits per heavy atom. The molecule has 4 rings (SSSR count). The monoisotopic (exact) mass is 415 g/mol. The summed E-state index contributed by atoms with van der Waals surface area (Å²) in [6, 6.07) is 10.5. The van der Waals surface area contributed by atoms with Crippen molar-refractivity contribution in [3.63, 3.8) is 0 Å². The lowest BCUT2D eigenvalue weighted by molar-refractivity contribution is -0.227. The van der Waals surface area contributed by atoms with Gasteiger partial charge in [-0.3, -0.25) is 9.79 Å². The van der Waals surface area contributed by atoms with Gasteiger partial charge < -0.3 is 25.2 Å². The van der Waals surface area contributed by atoms with Crippen LogP contribution in [-0.2, 0) is 11.2 Å². The van der Waals surface area contributed by atoms with E-state index in [1.54, 1.807) is 18.2 Å². The van der Waals surface area contributed by atoms with Crippen molar-refractivity contribution in [1.29, 1.82) is 0 Å². The first-order valence-corrected chi connectivity index (χ1v) is 9.67. The van der Waals surface area contributed by atoms with E-state index in [2.05, 4.69) is 4.99 Å². The van der Waals surface area contributed by atoms with E-state index in [4.69, 9.17) is 4.74 Å². The van der Waals surface area contributed by atoms with E-state index in [9.17, 15) is 29.6 Å². The van der Waals surface area contributed by atoms with Crippen molar-refractivity contribution in [3.05, 3.63) is 65.0 Å². The third-order valence-electron chi connectivity index (χ3n) is 5.55. The van der Waals surface area contributed by atoms with Gasteiger partial charge in [-0.1, -0.05) is 0 Å². The van der Waals surface area contributed by atoms with Crippen molar-refractivity contribution in [3.8, 4) is 0 Å². The van der Waals surface area contributed by atoms with E-state index in [1.807, 2.05) is 0 Å². The third-order valence-corrected chi connectivity index (χ3v) is 5.55. The molecule has 2 aromatic rings. The summed E-state index contributed by atoms with van der Waals surface area (Å²) in [5, 5.41) is 39.4. The second kappa shape index (κ2) is 8.33. The van der Waals surface area contributed by atoms with Gasteiger partial charge in [0.05, 0.1) is 18.4 Å². The van der Waals surface area contributed by atoms with Crippen LogP contribution in [0.2, 0.25) is 0 Å². The molecule has 158 valence electrons. The molecule has 8 heteroatoms. The highest BCUT2D eigenvalue weighted by Gasteiger charge is 2.43. The zero-order chi connectivity index (χ0) is 21.4. The minimum Gasteiger partial charge on any atom is -0.394 e. The van der Waals surface area contributed by atoms with E-state index in [-0.39, 0.29) is 12.2 Å². The smallest absolute Gasteiger partial charge is 0.193 e. The van der Waals surface area contributed by atoms with Crippen LogP contribution in [0.5, 0.6) is 0 Å². The maximum Gasteiger partial charge on any atom is 0.193 e. The average Bonchev–Trinajstić information content (AvgIpc) is 3.15. The molecule has 4 N–H and O–H groups in total. The Bertz CT molecular complexity index is 974. The maximum atomic E-state index is 13.1. The molecular formula is C22H22FNO6. The Balaban J connectivity index is 1.47. The summed E-state index contributed by atoms with van der Waals surface area (Å²) in [5.74, 6) is -0.632. The number of ether oxygens (including phenoxy) is 1. The number of aliphatic hydroxyl groups excluding tert-OH is 4. The lowest BCUT2D eigenvalue weighted by Crippen LogP contribution is -2.58. The van der Waals surface area contributed by atoms with Crippen LogP contribution in [0.3, 0.4) is 0 Å². The summed E-state index contributed by atoms with van der Waals surface area (Å²) in [5.41, 5.74) is 3.08. The molecule has 0 spiro atoms. The molecular weight excluding hydrogens is 393 g/mol. The number of benzene rings is 2. The van der Waals surface area contributed by atoms with Crippen molar-refractivity contribution in [1.82, 2.24) is 0 Å². The quantitative estimate of drug-likeness (QED) is 0.539. The van der Waals surface area contributed by atoms with Gasteiger partial charge in [0, 0.05) is 29.7 Å². The lowest BCUT2D eigenvalue weighted by Gasteiger charge is -2.40. The van der Waals surface area contributed by atoms with Crippen molar-refractivity contribution in [2.75, 3.05) is 6.61 Å². The predicted molar refractivity (Wildman–Crippen MR) is 105 cm³/mol. The van der Waals surface area contributed by atoms with Gasteiger partial charge in [0.1, 0.15) is 30.2 Å². The molecule has 0 amide bonds. The second-order valence-corrected chi connectivity index (χ2v) is 7.61. The molecule has 0 saturated carbocycles. The average molecular weight is 415 g/mol. The van der Waals surface area contributed by atoms with Gasteiger partial charge in [-0.2, -0.15) is 0 Å². The van der Waals surface area contributed by atoms with Crippen LogP contribution in [-0.4, -0.2) is 69.0 Å². The summed E-state index contributed by atoms with van der Waals surface area (Å²) in [6.07, 6.45) is -5.28. The molecule has 2 heterocycles. The number of fused-ring (bicyclic) bond motifs is 1. The van der Waals surface area contributed by atoms with Crippen LogP contribution < -0.4 is 0 Å². The van der Waals surface area contributed by atoms with Gasteiger partial charge in [-0.25, -0.2) is 4.39 Å². The number of carbonyl (C=O) groups excluding carboxylic acids is 1. The fourth-order valence-corrected chi connectivity index (χ4v) is 3.87. The van der Waals surface area contributed by atoms with Crippen LogP contribution in [0.15, 0.2) is 47.5 Å². The van der Waals surface area contributed by atoms with E-state index >= 15 is 0 Å². The van der Waals surface area contributed by atoms with Gasteiger partial charge in [0.15, 0.2) is 5.78 Å². The van der Waals surface area contributed by atoms with E-state index in [1.165, 1.54) is 24.3 Å². The van der Waals surface area contributed by atoms with Crippen LogP contribution in [0.1, 0.15) is 27.9 Å². The van der Waals surface area contributed by atoms with E-state index < -0.39 is 42.9 Å². The number of hydrogen-bond acceptors (Lipinski definition) is 7. The van der Waals surface area contributed by atoms with Crippen LogP contribution in [0.4, 0.5) is 10.1 Å². The molecule has 30 heavy (non-hydrogen) atoms. The highest BCUT2D eigenvalue weighted by Crippen LogP contribution is 2.32. The highest BCUT2D eigenvalue weighted by atomic mass is 19.1. The molecule has 5 atom stereocenters. The maximum absolute atomic E-state index is 13.1. The molecule has 0 aliphatic carbocycles. The number of aliphatic imine (C=N–C) groups is 1. The molecule has 0 aromatic heterocycles. The van der Waals surface area contributed by atoms with Gasteiger partial charge in [0.2, 0.25) is 0 Å². The Morgan fingerprint density at radius 2 is 1.67 bits per heavy atom. The molecule has 2 aromatic carbocycles.